The normalized spacial score (nSPS) is 18.7. The van der Waals surface area contributed by atoms with E-state index < -0.39 is 0 Å². The molecule has 2 aliphatic rings. The van der Waals surface area contributed by atoms with Gasteiger partial charge in [0.25, 0.3) is 0 Å². The molecule has 0 saturated heterocycles. The van der Waals surface area contributed by atoms with Crippen LogP contribution in [0.25, 0.3) is 22.5 Å². The van der Waals surface area contributed by atoms with Crippen molar-refractivity contribution in [2.75, 3.05) is 0 Å². The number of hydrogen-bond donors (Lipinski definition) is 1. The van der Waals surface area contributed by atoms with Crippen LogP contribution in [-0.2, 0) is 6.61 Å². The maximum Gasteiger partial charge on any atom is 0.123 e. The molecule has 2 unspecified atom stereocenters. The van der Waals surface area contributed by atoms with Crippen LogP contribution in [0.2, 0.25) is 0 Å². The van der Waals surface area contributed by atoms with Crippen molar-refractivity contribution in [1.29, 1.82) is 0 Å². The highest BCUT2D eigenvalue weighted by Crippen LogP contribution is 2.58. The van der Waals surface area contributed by atoms with Gasteiger partial charge in [0.15, 0.2) is 0 Å². The SMILES string of the molecule is Cc1cc(-c2cccc(-c3ccc(OCc4ccccc4)c4c3C3CCC4C3)n2)c(C)[nH]1. The average Bonchev–Trinajstić information content (AvgIpc) is 3.53. The Morgan fingerprint density at radius 2 is 1.59 bits per heavy atom. The predicted molar refractivity (Wildman–Crippen MR) is 129 cm³/mol. The predicted octanol–water partition coefficient (Wildman–Crippen LogP) is 7.30. The van der Waals surface area contributed by atoms with Crippen molar-refractivity contribution in [3.63, 3.8) is 0 Å². The molecule has 4 aromatic rings. The molecular weight excluding hydrogens is 392 g/mol. The van der Waals surface area contributed by atoms with Gasteiger partial charge in [0.05, 0.1) is 11.4 Å². The second-order valence-corrected chi connectivity index (χ2v) is 9.32. The molecule has 3 nitrogen and oxygen atoms in total. The lowest BCUT2D eigenvalue weighted by Gasteiger charge is -2.22. The van der Waals surface area contributed by atoms with E-state index >= 15 is 0 Å². The second kappa shape index (κ2) is 7.67. The van der Waals surface area contributed by atoms with Crippen molar-refractivity contribution >= 4 is 0 Å². The van der Waals surface area contributed by atoms with Crippen LogP contribution in [0, 0.1) is 13.8 Å². The first-order valence-electron chi connectivity index (χ1n) is 11.6. The molecule has 0 radical (unpaired) electrons. The average molecular weight is 421 g/mol. The Labute approximate surface area is 189 Å². The molecule has 0 aliphatic heterocycles. The van der Waals surface area contributed by atoms with E-state index in [0.717, 1.165) is 17.1 Å². The summed E-state index contributed by atoms with van der Waals surface area (Å²) in [5.74, 6) is 2.32. The van der Waals surface area contributed by atoms with E-state index in [0.29, 0.717) is 18.4 Å². The summed E-state index contributed by atoms with van der Waals surface area (Å²) in [4.78, 5) is 8.52. The number of hydrogen-bond acceptors (Lipinski definition) is 2. The lowest BCUT2D eigenvalue weighted by atomic mass is 9.86. The molecule has 1 fully saturated rings. The number of benzene rings is 2. The first-order valence-corrected chi connectivity index (χ1v) is 11.6. The summed E-state index contributed by atoms with van der Waals surface area (Å²) in [6.07, 6.45) is 3.81. The number of aromatic nitrogens is 2. The fourth-order valence-electron chi connectivity index (χ4n) is 5.79. The van der Waals surface area contributed by atoms with Gasteiger partial charge in [-0.15, -0.1) is 0 Å². The van der Waals surface area contributed by atoms with Crippen molar-refractivity contribution in [2.45, 2.75) is 51.6 Å². The number of pyridine rings is 1. The summed E-state index contributed by atoms with van der Waals surface area (Å²) in [6.45, 7) is 4.83. The van der Waals surface area contributed by atoms with Crippen LogP contribution in [0.4, 0.5) is 0 Å². The molecule has 1 N–H and O–H groups in total. The van der Waals surface area contributed by atoms with E-state index in [1.165, 1.54) is 58.5 Å². The molecule has 2 aliphatic carbocycles. The zero-order chi connectivity index (χ0) is 21.7. The van der Waals surface area contributed by atoms with Gasteiger partial charge >= 0.3 is 0 Å². The maximum atomic E-state index is 6.37. The van der Waals surface area contributed by atoms with Gasteiger partial charge in [-0.2, -0.15) is 0 Å². The largest absolute Gasteiger partial charge is 0.489 e. The van der Waals surface area contributed by atoms with Crippen LogP contribution >= 0.6 is 0 Å². The Morgan fingerprint density at radius 3 is 2.34 bits per heavy atom. The quantitative estimate of drug-likeness (QED) is 0.368. The molecule has 2 heterocycles. The third-order valence-corrected chi connectivity index (χ3v) is 7.18. The summed E-state index contributed by atoms with van der Waals surface area (Å²) in [5, 5.41) is 0. The summed E-state index contributed by atoms with van der Waals surface area (Å²) >= 11 is 0. The molecule has 2 atom stereocenters. The first-order chi connectivity index (χ1) is 15.7. The Kier molecular flexibility index (Phi) is 4.64. The number of aromatic amines is 1. The Bertz CT molecular complexity index is 1290. The van der Waals surface area contributed by atoms with Gasteiger partial charge in [-0.25, -0.2) is 4.98 Å². The number of ether oxygens (including phenoxy) is 1. The van der Waals surface area contributed by atoms with E-state index in [1.54, 1.807) is 0 Å². The topological polar surface area (TPSA) is 37.9 Å². The van der Waals surface area contributed by atoms with Crippen molar-refractivity contribution in [1.82, 2.24) is 9.97 Å². The van der Waals surface area contributed by atoms with Crippen molar-refractivity contribution < 1.29 is 4.74 Å². The van der Waals surface area contributed by atoms with E-state index in [4.69, 9.17) is 9.72 Å². The molecular formula is C29H28N2O. The molecule has 2 bridgehead atoms. The molecule has 1 saturated carbocycles. The van der Waals surface area contributed by atoms with E-state index in [-0.39, 0.29) is 0 Å². The van der Waals surface area contributed by atoms with Gasteiger partial charge in [-0.1, -0.05) is 36.4 Å². The Balaban J connectivity index is 1.40. The fraction of sp³-hybridized carbons (Fsp3) is 0.276. The lowest BCUT2D eigenvalue weighted by Crippen LogP contribution is -2.06. The molecule has 0 amide bonds. The highest BCUT2D eigenvalue weighted by Gasteiger charge is 2.41. The molecule has 2 aromatic heterocycles. The van der Waals surface area contributed by atoms with Crippen LogP contribution in [0.3, 0.4) is 0 Å². The number of fused-ring (bicyclic) bond motifs is 5. The molecule has 3 heteroatoms. The van der Waals surface area contributed by atoms with Gasteiger partial charge in [0, 0.05) is 28.1 Å². The number of H-pyrrole nitrogens is 1. The first kappa shape index (κ1) is 19.4. The summed E-state index contributed by atoms with van der Waals surface area (Å²) in [5.41, 5.74) is 11.0. The highest BCUT2D eigenvalue weighted by molar-refractivity contribution is 5.74. The highest BCUT2D eigenvalue weighted by atomic mass is 16.5. The van der Waals surface area contributed by atoms with Gasteiger partial charge in [0.1, 0.15) is 12.4 Å². The number of nitrogens with zero attached hydrogens (tertiary/aromatic N) is 1. The molecule has 160 valence electrons. The zero-order valence-corrected chi connectivity index (χ0v) is 18.7. The molecule has 0 spiro atoms. The molecule has 32 heavy (non-hydrogen) atoms. The molecule has 2 aromatic carbocycles. The standard InChI is InChI=1S/C29H28N2O/c1-18-15-24(19(2)30-18)26-10-6-9-25(31-26)23-13-14-27(32-17-20-7-4-3-5-8-20)29-22-12-11-21(16-22)28(23)29/h3-10,13-15,21-22,30H,11-12,16-17H2,1-2H3. The van der Waals surface area contributed by atoms with E-state index in [2.05, 4.69) is 79.5 Å². The van der Waals surface area contributed by atoms with E-state index in [9.17, 15) is 0 Å². The van der Waals surface area contributed by atoms with Gasteiger partial charge in [-0.05, 0) is 86.4 Å². The number of aryl methyl sites for hydroxylation is 2. The maximum absolute atomic E-state index is 6.37. The van der Waals surface area contributed by atoms with Crippen LogP contribution in [-0.4, -0.2) is 9.97 Å². The van der Waals surface area contributed by atoms with Crippen LogP contribution < -0.4 is 4.74 Å². The monoisotopic (exact) mass is 420 g/mol. The zero-order valence-electron chi connectivity index (χ0n) is 18.7. The molecule has 6 rings (SSSR count). The van der Waals surface area contributed by atoms with Crippen molar-refractivity contribution in [2.24, 2.45) is 0 Å². The summed E-state index contributed by atoms with van der Waals surface area (Å²) < 4.78 is 6.37. The Morgan fingerprint density at radius 1 is 0.844 bits per heavy atom. The van der Waals surface area contributed by atoms with Crippen LogP contribution in [0.5, 0.6) is 5.75 Å². The number of nitrogens with one attached hydrogen (secondary N) is 1. The minimum Gasteiger partial charge on any atom is -0.489 e. The van der Waals surface area contributed by atoms with E-state index in [1.807, 2.05) is 6.07 Å². The number of rotatable bonds is 5. The van der Waals surface area contributed by atoms with Gasteiger partial charge in [0.2, 0.25) is 0 Å². The van der Waals surface area contributed by atoms with Crippen molar-refractivity contribution in [3.05, 3.63) is 94.8 Å². The summed E-state index contributed by atoms with van der Waals surface area (Å²) in [6, 6.07) is 23.5. The minimum atomic E-state index is 0.615. The summed E-state index contributed by atoms with van der Waals surface area (Å²) in [7, 11) is 0. The van der Waals surface area contributed by atoms with Crippen molar-refractivity contribution in [3.8, 4) is 28.3 Å². The lowest BCUT2D eigenvalue weighted by molar-refractivity contribution is 0.301. The second-order valence-electron chi connectivity index (χ2n) is 9.32. The minimum absolute atomic E-state index is 0.615. The third kappa shape index (κ3) is 3.24. The van der Waals surface area contributed by atoms with Gasteiger partial charge in [-0.3, -0.25) is 0 Å². The van der Waals surface area contributed by atoms with Crippen LogP contribution in [0.1, 0.15) is 59.2 Å². The fourth-order valence-corrected chi connectivity index (χ4v) is 5.79. The third-order valence-electron chi connectivity index (χ3n) is 7.18. The smallest absolute Gasteiger partial charge is 0.123 e. The Hall–Kier alpha value is -3.33. The van der Waals surface area contributed by atoms with Crippen LogP contribution in [0.15, 0.2) is 66.7 Å². The van der Waals surface area contributed by atoms with Gasteiger partial charge < -0.3 is 9.72 Å².